The fourth-order valence-corrected chi connectivity index (χ4v) is 6.06. The monoisotopic (exact) mass is 386 g/mol. The van der Waals surface area contributed by atoms with Crippen LogP contribution in [-0.2, 0) is 12.8 Å². The Morgan fingerprint density at radius 3 is 2.83 bits per heavy atom. The molecule has 0 bridgehead atoms. The van der Waals surface area contributed by atoms with E-state index in [1.165, 1.54) is 59.5 Å². The SMILES string of the molecule is C[C@H]1CCc2c(ccc3c2nc(Cc2ccccc2)n3[C@H]2CC[C@@H]3CNC[C@H]32)N1. The van der Waals surface area contributed by atoms with E-state index in [9.17, 15) is 0 Å². The van der Waals surface area contributed by atoms with Gasteiger partial charge in [-0.3, -0.25) is 0 Å². The molecule has 0 unspecified atom stereocenters. The van der Waals surface area contributed by atoms with Crippen molar-refractivity contribution in [3.8, 4) is 0 Å². The van der Waals surface area contributed by atoms with Crippen molar-refractivity contribution in [3.63, 3.8) is 0 Å². The fourth-order valence-electron chi connectivity index (χ4n) is 6.06. The summed E-state index contributed by atoms with van der Waals surface area (Å²) in [5.74, 6) is 2.83. The van der Waals surface area contributed by atoms with Crippen molar-refractivity contribution in [2.75, 3.05) is 18.4 Å². The number of nitrogens with one attached hydrogen (secondary N) is 2. The average molecular weight is 387 g/mol. The van der Waals surface area contributed by atoms with Crippen LogP contribution in [0.3, 0.4) is 0 Å². The molecule has 4 heteroatoms. The lowest BCUT2D eigenvalue weighted by atomic mass is 9.96. The molecule has 1 saturated heterocycles. The van der Waals surface area contributed by atoms with Crippen LogP contribution in [-0.4, -0.2) is 28.7 Å². The lowest BCUT2D eigenvalue weighted by molar-refractivity contribution is 0.370. The molecular formula is C25H30N4. The van der Waals surface area contributed by atoms with Crippen LogP contribution < -0.4 is 10.6 Å². The standard InChI is InChI=1S/C25H30N4/c1-16-7-9-19-21(27-16)10-12-23-25(19)28-24(13-17-5-3-2-4-6-17)29(23)22-11-8-18-14-26-15-20(18)22/h2-6,10,12,16,18,20,22,26-27H,7-9,11,13-15H2,1H3/t16-,18+,20+,22-/m0/s1. The van der Waals surface area contributed by atoms with Crippen LogP contribution >= 0.6 is 0 Å². The molecule has 2 aliphatic heterocycles. The molecule has 0 amide bonds. The van der Waals surface area contributed by atoms with Gasteiger partial charge in [0.25, 0.3) is 0 Å². The minimum absolute atomic E-state index is 0.547. The van der Waals surface area contributed by atoms with Crippen molar-refractivity contribution in [1.82, 2.24) is 14.9 Å². The highest BCUT2D eigenvalue weighted by atomic mass is 15.1. The zero-order valence-corrected chi connectivity index (χ0v) is 17.2. The van der Waals surface area contributed by atoms with E-state index in [1.807, 2.05) is 0 Å². The second kappa shape index (κ2) is 6.88. The number of nitrogens with zero attached hydrogens (tertiary/aromatic N) is 2. The normalized spacial score (nSPS) is 28.3. The van der Waals surface area contributed by atoms with Gasteiger partial charge in [-0.1, -0.05) is 30.3 Å². The number of imidazole rings is 1. The number of hydrogen-bond acceptors (Lipinski definition) is 3. The van der Waals surface area contributed by atoms with Crippen molar-refractivity contribution in [2.24, 2.45) is 11.8 Å². The Kier molecular flexibility index (Phi) is 4.15. The highest BCUT2D eigenvalue weighted by Crippen LogP contribution is 2.45. The van der Waals surface area contributed by atoms with E-state index in [-0.39, 0.29) is 0 Å². The zero-order valence-electron chi connectivity index (χ0n) is 17.2. The van der Waals surface area contributed by atoms with Gasteiger partial charge in [0.1, 0.15) is 5.82 Å². The molecule has 1 aliphatic carbocycles. The number of anilines is 1. The molecule has 150 valence electrons. The molecule has 29 heavy (non-hydrogen) atoms. The first-order chi connectivity index (χ1) is 14.3. The molecule has 2 aromatic carbocycles. The quantitative estimate of drug-likeness (QED) is 0.694. The first-order valence-electron chi connectivity index (χ1n) is 11.3. The Morgan fingerprint density at radius 1 is 1.03 bits per heavy atom. The van der Waals surface area contributed by atoms with Gasteiger partial charge in [0.2, 0.25) is 0 Å². The molecular weight excluding hydrogens is 356 g/mol. The number of rotatable bonds is 3. The van der Waals surface area contributed by atoms with E-state index in [0.717, 1.165) is 31.2 Å². The zero-order chi connectivity index (χ0) is 19.4. The van der Waals surface area contributed by atoms with Gasteiger partial charge in [-0.2, -0.15) is 0 Å². The van der Waals surface area contributed by atoms with Crippen LogP contribution in [0.4, 0.5) is 5.69 Å². The first kappa shape index (κ1) is 17.5. The van der Waals surface area contributed by atoms with Gasteiger partial charge >= 0.3 is 0 Å². The van der Waals surface area contributed by atoms with Crippen LogP contribution in [0, 0.1) is 11.8 Å². The Morgan fingerprint density at radius 2 is 1.93 bits per heavy atom. The smallest absolute Gasteiger partial charge is 0.114 e. The molecule has 6 rings (SSSR count). The van der Waals surface area contributed by atoms with Crippen molar-refractivity contribution in [1.29, 1.82) is 0 Å². The lowest BCUT2D eigenvalue weighted by Crippen LogP contribution is -2.22. The Hall–Kier alpha value is -2.33. The first-order valence-corrected chi connectivity index (χ1v) is 11.3. The third-order valence-corrected chi connectivity index (χ3v) is 7.53. The molecule has 1 aromatic heterocycles. The summed E-state index contributed by atoms with van der Waals surface area (Å²) in [6, 6.07) is 16.6. The summed E-state index contributed by atoms with van der Waals surface area (Å²) in [7, 11) is 0. The summed E-state index contributed by atoms with van der Waals surface area (Å²) in [5.41, 5.74) is 6.65. The summed E-state index contributed by atoms with van der Waals surface area (Å²) in [6.07, 6.45) is 5.86. The molecule has 4 nitrogen and oxygen atoms in total. The fraction of sp³-hybridized carbons (Fsp3) is 0.480. The summed E-state index contributed by atoms with van der Waals surface area (Å²) in [6.45, 7) is 4.63. The van der Waals surface area contributed by atoms with Crippen molar-refractivity contribution >= 4 is 16.7 Å². The van der Waals surface area contributed by atoms with Crippen LogP contribution in [0.15, 0.2) is 42.5 Å². The minimum Gasteiger partial charge on any atom is -0.382 e. The molecule has 4 atom stereocenters. The molecule has 3 aliphatic rings. The Labute approximate surface area is 172 Å². The number of hydrogen-bond donors (Lipinski definition) is 2. The maximum atomic E-state index is 5.31. The number of aromatic nitrogens is 2. The largest absolute Gasteiger partial charge is 0.382 e. The Balaban J connectivity index is 1.51. The summed E-state index contributed by atoms with van der Waals surface area (Å²) in [5, 5.41) is 7.32. The van der Waals surface area contributed by atoms with Crippen LogP contribution in [0.5, 0.6) is 0 Å². The molecule has 2 N–H and O–H groups in total. The van der Waals surface area contributed by atoms with E-state index >= 15 is 0 Å². The molecule has 1 saturated carbocycles. The van der Waals surface area contributed by atoms with Gasteiger partial charge in [-0.15, -0.1) is 0 Å². The molecule has 0 radical (unpaired) electrons. The summed E-state index contributed by atoms with van der Waals surface area (Å²) < 4.78 is 2.64. The molecule has 3 heterocycles. The summed E-state index contributed by atoms with van der Waals surface area (Å²) >= 11 is 0. The third kappa shape index (κ3) is 2.88. The van der Waals surface area contributed by atoms with Crippen LogP contribution in [0.2, 0.25) is 0 Å². The second-order valence-corrected chi connectivity index (χ2v) is 9.33. The van der Waals surface area contributed by atoms with Crippen molar-refractivity contribution in [3.05, 3.63) is 59.4 Å². The van der Waals surface area contributed by atoms with E-state index in [1.54, 1.807) is 0 Å². The second-order valence-electron chi connectivity index (χ2n) is 9.33. The van der Waals surface area contributed by atoms with Gasteiger partial charge in [-0.05, 0) is 68.7 Å². The number of fused-ring (bicyclic) bond motifs is 4. The van der Waals surface area contributed by atoms with E-state index in [4.69, 9.17) is 4.98 Å². The highest BCUT2D eigenvalue weighted by molar-refractivity contribution is 5.86. The predicted molar refractivity (Wildman–Crippen MR) is 119 cm³/mol. The van der Waals surface area contributed by atoms with Crippen LogP contribution in [0.25, 0.3) is 11.0 Å². The molecule has 3 aromatic rings. The lowest BCUT2D eigenvalue weighted by Gasteiger charge is -2.25. The van der Waals surface area contributed by atoms with E-state index in [0.29, 0.717) is 12.1 Å². The maximum Gasteiger partial charge on any atom is 0.114 e. The van der Waals surface area contributed by atoms with Crippen molar-refractivity contribution < 1.29 is 0 Å². The Bertz CT molecular complexity index is 1040. The van der Waals surface area contributed by atoms with Gasteiger partial charge < -0.3 is 15.2 Å². The van der Waals surface area contributed by atoms with E-state index < -0.39 is 0 Å². The van der Waals surface area contributed by atoms with Gasteiger partial charge in [0, 0.05) is 36.3 Å². The van der Waals surface area contributed by atoms with Crippen molar-refractivity contribution in [2.45, 2.75) is 51.1 Å². The minimum atomic E-state index is 0.547. The third-order valence-electron chi connectivity index (χ3n) is 7.53. The number of aryl methyl sites for hydroxylation is 1. The van der Waals surface area contributed by atoms with E-state index in [2.05, 4.69) is 64.6 Å². The molecule has 0 spiro atoms. The molecule has 2 fully saturated rings. The van der Waals surface area contributed by atoms with Gasteiger partial charge in [0.05, 0.1) is 11.0 Å². The topological polar surface area (TPSA) is 41.9 Å². The predicted octanol–water partition coefficient (Wildman–Crippen LogP) is 4.54. The van der Waals surface area contributed by atoms with Gasteiger partial charge in [-0.25, -0.2) is 4.98 Å². The van der Waals surface area contributed by atoms with Crippen LogP contribution in [0.1, 0.15) is 49.2 Å². The van der Waals surface area contributed by atoms with Gasteiger partial charge in [0.15, 0.2) is 0 Å². The number of benzene rings is 2. The maximum absolute atomic E-state index is 5.31. The highest BCUT2D eigenvalue weighted by Gasteiger charge is 2.41. The summed E-state index contributed by atoms with van der Waals surface area (Å²) in [4.78, 5) is 5.31. The average Bonchev–Trinajstić information content (AvgIpc) is 3.43.